The number of nitrogens with zero attached hydrogens (tertiary/aromatic N) is 3. The molecule has 130 valence electrons. The van der Waals surface area contributed by atoms with Gasteiger partial charge in [-0.05, 0) is 12.5 Å². The van der Waals surface area contributed by atoms with Crippen LogP contribution < -0.4 is 5.32 Å². The maximum Gasteiger partial charge on any atom is 0.269 e. The second-order valence-electron chi connectivity index (χ2n) is 5.72. The van der Waals surface area contributed by atoms with E-state index in [1.165, 1.54) is 10.6 Å². The highest BCUT2D eigenvalue weighted by atomic mass is 32.2. The highest BCUT2D eigenvalue weighted by molar-refractivity contribution is 7.88. The van der Waals surface area contributed by atoms with Crippen LogP contribution in [-0.4, -0.2) is 67.0 Å². The van der Waals surface area contributed by atoms with E-state index in [0.717, 1.165) is 18.5 Å². The van der Waals surface area contributed by atoms with Crippen LogP contribution in [0.4, 0.5) is 0 Å². The standard InChI is InChI=1S/C14H24N4O4S/c1-4-5-11-8-13(17(2)16-11)14(19)15-9-12-10-18(6-7-22-12)23(3,20)21/h8,12H,4-7,9-10H2,1-3H3,(H,15,19)/t12-/m0/s1. The van der Waals surface area contributed by atoms with Crippen molar-refractivity contribution in [1.82, 2.24) is 19.4 Å². The fourth-order valence-corrected chi connectivity index (χ4v) is 3.37. The lowest BCUT2D eigenvalue weighted by Crippen LogP contribution is -2.49. The summed E-state index contributed by atoms with van der Waals surface area (Å²) in [5.41, 5.74) is 1.38. The number of carbonyl (C=O) groups excluding carboxylic acids is 1. The first kappa shape index (κ1) is 17.9. The van der Waals surface area contributed by atoms with Crippen molar-refractivity contribution in [3.63, 3.8) is 0 Å². The van der Waals surface area contributed by atoms with Gasteiger partial charge in [0.2, 0.25) is 10.0 Å². The Bertz CT molecular complexity index is 656. The van der Waals surface area contributed by atoms with Gasteiger partial charge in [-0.15, -0.1) is 0 Å². The molecule has 1 saturated heterocycles. The zero-order valence-electron chi connectivity index (χ0n) is 13.8. The molecule has 0 saturated carbocycles. The first-order valence-electron chi connectivity index (χ1n) is 7.69. The average molecular weight is 344 g/mol. The van der Waals surface area contributed by atoms with Crippen LogP contribution in [0.1, 0.15) is 29.5 Å². The van der Waals surface area contributed by atoms with Crippen LogP contribution in [0.2, 0.25) is 0 Å². The second kappa shape index (κ2) is 7.41. The summed E-state index contributed by atoms with van der Waals surface area (Å²) in [6.07, 6.45) is 2.63. The molecular formula is C14H24N4O4S. The Kier molecular flexibility index (Phi) is 5.77. The first-order chi connectivity index (χ1) is 10.8. The molecule has 2 heterocycles. The van der Waals surface area contributed by atoms with Gasteiger partial charge in [0.1, 0.15) is 5.69 Å². The monoisotopic (exact) mass is 344 g/mol. The zero-order chi connectivity index (χ0) is 17.0. The molecule has 2 rings (SSSR count). The lowest BCUT2D eigenvalue weighted by atomic mass is 10.2. The molecule has 1 atom stereocenters. The Hall–Kier alpha value is -1.45. The molecule has 1 aliphatic heterocycles. The van der Waals surface area contributed by atoms with Crippen molar-refractivity contribution in [3.05, 3.63) is 17.5 Å². The van der Waals surface area contributed by atoms with Crippen molar-refractivity contribution < 1.29 is 17.9 Å². The van der Waals surface area contributed by atoms with Gasteiger partial charge in [-0.3, -0.25) is 9.48 Å². The summed E-state index contributed by atoms with van der Waals surface area (Å²) in [6, 6.07) is 1.78. The van der Waals surface area contributed by atoms with E-state index in [0.29, 0.717) is 18.8 Å². The molecule has 0 radical (unpaired) electrons. The van der Waals surface area contributed by atoms with Crippen LogP contribution >= 0.6 is 0 Å². The Labute approximate surface area is 136 Å². The number of ether oxygens (including phenoxy) is 1. The van der Waals surface area contributed by atoms with Crippen LogP contribution in [0.25, 0.3) is 0 Å². The normalized spacial score (nSPS) is 19.7. The van der Waals surface area contributed by atoms with E-state index >= 15 is 0 Å². The number of nitrogens with one attached hydrogen (secondary N) is 1. The van der Waals surface area contributed by atoms with Gasteiger partial charge in [-0.2, -0.15) is 9.40 Å². The minimum Gasteiger partial charge on any atom is -0.374 e. The van der Waals surface area contributed by atoms with Gasteiger partial charge >= 0.3 is 0 Å². The van der Waals surface area contributed by atoms with Crippen LogP contribution in [0.5, 0.6) is 0 Å². The molecule has 1 aliphatic rings. The molecule has 1 aromatic heterocycles. The minimum absolute atomic E-state index is 0.234. The molecule has 1 amide bonds. The smallest absolute Gasteiger partial charge is 0.269 e. The largest absolute Gasteiger partial charge is 0.374 e. The average Bonchev–Trinajstić information content (AvgIpc) is 2.85. The van der Waals surface area contributed by atoms with E-state index in [1.54, 1.807) is 17.8 Å². The van der Waals surface area contributed by atoms with Gasteiger partial charge in [0.05, 0.1) is 24.7 Å². The third-order valence-corrected chi connectivity index (χ3v) is 5.00. The van der Waals surface area contributed by atoms with Gasteiger partial charge in [-0.25, -0.2) is 8.42 Å². The fourth-order valence-electron chi connectivity index (χ4n) is 2.53. The Morgan fingerprint density at radius 1 is 1.52 bits per heavy atom. The number of amides is 1. The van der Waals surface area contributed by atoms with Crippen LogP contribution in [0, 0.1) is 0 Å². The molecule has 0 bridgehead atoms. The van der Waals surface area contributed by atoms with E-state index < -0.39 is 10.0 Å². The summed E-state index contributed by atoms with van der Waals surface area (Å²) in [6.45, 7) is 3.26. The van der Waals surface area contributed by atoms with Gasteiger partial charge < -0.3 is 10.1 Å². The van der Waals surface area contributed by atoms with E-state index in [2.05, 4.69) is 17.3 Å². The van der Waals surface area contributed by atoms with Crippen molar-refractivity contribution in [2.75, 3.05) is 32.5 Å². The Morgan fingerprint density at radius 2 is 2.26 bits per heavy atom. The molecule has 23 heavy (non-hydrogen) atoms. The summed E-state index contributed by atoms with van der Waals surface area (Å²) in [5.74, 6) is -0.234. The van der Waals surface area contributed by atoms with E-state index in [1.807, 2.05) is 0 Å². The summed E-state index contributed by atoms with van der Waals surface area (Å²) < 4.78 is 31.6. The van der Waals surface area contributed by atoms with Crippen molar-refractivity contribution in [2.24, 2.45) is 7.05 Å². The third-order valence-electron chi connectivity index (χ3n) is 3.73. The molecule has 0 aliphatic carbocycles. The minimum atomic E-state index is -3.23. The lowest BCUT2D eigenvalue weighted by molar-refractivity contribution is 0.000389. The molecule has 8 nitrogen and oxygen atoms in total. The van der Waals surface area contributed by atoms with Crippen molar-refractivity contribution in [1.29, 1.82) is 0 Å². The summed E-state index contributed by atoms with van der Waals surface area (Å²) in [5, 5.41) is 7.09. The Morgan fingerprint density at radius 3 is 2.91 bits per heavy atom. The molecule has 0 unspecified atom stereocenters. The number of hydrogen-bond acceptors (Lipinski definition) is 5. The molecule has 1 fully saturated rings. The molecule has 0 spiro atoms. The highest BCUT2D eigenvalue weighted by Crippen LogP contribution is 2.09. The zero-order valence-corrected chi connectivity index (χ0v) is 14.6. The fraction of sp³-hybridized carbons (Fsp3) is 0.714. The van der Waals surface area contributed by atoms with Gasteiger partial charge in [-0.1, -0.05) is 13.3 Å². The van der Waals surface area contributed by atoms with E-state index in [-0.39, 0.29) is 25.1 Å². The molecule has 1 N–H and O–H groups in total. The number of sulfonamides is 1. The van der Waals surface area contributed by atoms with E-state index in [4.69, 9.17) is 4.74 Å². The van der Waals surface area contributed by atoms with Crippen molar-refractivity contribution >= 4 is 15.9 Å². The molecule has 1 aromatic rings. The topological polar surface area (TPSA) is 93.5 Å². The maximum atomic E-state index is 12.2. The maximum absolute atomic E-state index is 12.2. The van der Waals surface area contributed by atoms with E-state index in [9.17, 15) is 13.2 Å². The first-order valence-corrected chi connectivity index (χ1v) is 9.54. The molecule has 9 heteroatoms. The quantitative estimate of drug-likeness (QED) is 0.769. The SMILES string of the molecule is CCCc1cc(C(=O)NC[C@H]2CN(S(C)(=O)=O)CCO2)n(C)n1. The van der Waals surface area contributed by atoms with Crippen molar-refractivity contribution in [3.8, 4) is 0 Å². The number of aryl methyl sites for hydroxylation is 2. The number of carbonyl (C=O) groups is 1. The highest BCUT2D eigenvalue weighted by Gasteiger charge is 2.27. The third kappa shape index (κ3) is 4.76. The molecule has 0 aromatic carbocycles. The predicted molar refractivity (Wildman–Crippen MR) is 85.7 cm³/mol. The number of rotatable bonds is 6. The second-order valence-corrected chi connectivity index (χ2v) is 7.70. The Balaban J connectivity index is 1.91. The van der Waals surface area contributed by atoms with Crippen LogP contribution in [0.3, 0.4) is 0 Å². The van der Waals surface area contributed by atoms with Crippen molar-refractivity contribution in [2.45, 2.75) is 25.9 Å². The summed E-state index contributed by atoms with van der Waals surface area (Å²) in [7, 11) is -1.50. The van der Waals surface area contributed by atoms with Crippen LogP contribution in [0.15, 0.2) is 6.07 Å². The predicted octanol–water partition coefficient (Wildman–Crippen LogP) is -0.237. The summed E-state index contributed by atoms with van der Waals surface area (Å²) in [4.78, 5) is 12.2. The summed E-state index contributed by atoms with van der Waals surface area (Å²) >= 11 is 0. The van der Waals surface area contributed by atoms with Gasteiger partial charge in [0, 0.05) is 26.7 Å². The number of morpholine rings is 1. The number of aromatic nitrogens is 2. The van der Waals surface area contributed by atoms with Gasteiger partial charge in [0.15, 0.2) is 0 Å². The van der Waals surface area contributed by atoms with Crippen LogP contribution in [-0.2, 0) is 28.2 Å². The van der Waals surface area contributed by atoms with Gasteiger partial charge in [0.25, 0.3) is 5.91 Å². The molecular weight excluding hydrogens is 320 g/mol. The number of hydrogen-bond donors (Lipinski definition) is 1. The lowest BCUT2D eigenvalue weighted by Gasteiger charge is -2.31.